The Balaban J connectivity index is 1.92. The van der Waals surface area contributed by atoms with E-state index in [0.29, 0.717) is 0 Å². The van der Waals surface area contributed by atoms with Crippen LogP contribution in [0, 0.1) is 0 Å². The number of ether oxygens (including phenoxy) is 1. The predicted octanol–water partition coefficient (Wildman–Crippen LogP) is 4.47. The highest BCUT2D eigenvalue weighted by molar-refractivity contribution is 9.10. The van der Waals surface area contributed by atoms with Crippen molar-refractivity contribution in [1.82, 2.24) is 0 Å². The molecule has 1 aromatic rings. The summed E-state index contributed by atoms with van der Waals surface area (Å²) in [7, 11) is 0. The molecule has 0 radical (unpaired) electrons. The summed E-state index contributed by atoms with van der Waals surface area (Å²) in [5.74, 6) is 0. The van der Waals surface area contributed by atoms with Gasteiger partial charge in [-0.3, -0.25) is 0 Å². The fraction of sp³-hybridized carbons (Fsp3) is 0.538. The number of benzene rings is 1. The molecule has 0 aromatic heterocycles. The third kappa shape index (κ3) is 3.60. The maximum atomic E-state index is 5.97. The first kappa shape index (κ1) is 13.2. The number of halogens is 2. The highest BCUT2D eigenvalue weighted by atomic mass is 79.9. The zero-order valence-corrected chi connectivity index (χ0v) is 12.4. The fourth-order valence-corrected chi connectivity index (χ4v) is 2.64. The lowest BCUT2D eigenvalue weighted by atomic mass is 10.1. The summed E-state index contributed by atoms with van der Waals surface area (Å²) in [5.41, 5.74) is 1.04. The van der Waals surface area contributed by atoms with Crippen molar-refractivity contribution in [2.24, 2.45) is 0 Å². The molecule has 4 heteroatoms. The maximum Gasteiger partial charge on any atom is 0.0755 e. The second kappa shape index (κ2) is 5.17. The summed E-state index contributed by atoms with van der Waals surface area (Å²) >= 11 is 9.47. The van der Waals surface area contributed by atoms with Crippen LogP contribution in [0.1, 0.15) is 26.7 Å². The summed E-state index contributed by atoms with van der Waals surface area (Å²) in [5, 5.41) is 4.12. The molecule has 1 aliphatic rings. The Hall–Kier alpha value is -0.250. The summed E-state index contributed by atoms with van der Waals surface area (Å²) in [6.45, 7) is 5.10. The Morgan fingerprint density at radius 3 is 2.94 bits per heavy atom. The van der Waals surface area contributed by atoms with E-state index in [1.54, 1.807) is 0 Å². The maximum absolute atomic E-state index is 5.97. The SMILES string of the molecule is CC1(C)CCC(CNc2cc(Cl)ccc2Br)O1. The van der Waals surface area contributed by atoms with Crippen LogP contribution in [-0.2, 0) is 4.74 Å². The van der Waals surface area contributed by atoms with Gasteiger partial charge in [-0.15, -0.1) is 0 Å². The van der Waals surface area contributed by atoms with Crippen molar-refractivity contribution in [3.05, 3.63) is 27.7 Å². The van der Waals surface area contributed by atoms with Gasteiger partial charge in [0.2, 0.25) is 0 Å². The highest BCUT2D eigenvalue weighted by Crippen LogP contribution is 2.30. The Labute approximate surface area is 116 Å². The molecule has 1 saturated heterocycles. The molecule has 0 aliphatic carbocycles. The molecule has 2 rings (SSSR count). The number of hydrogen-bond acceptors (Lipinski definition) is 2. The van der Waals surface area contributed by atoms with Crippen molar-refractivity contribution < 1.29 is 4.74 Å². The summed E-state index contributed by atoms with van der Waals surface area (Å²) in [6.07, 6.45) is 2.52. The Morgan fingerprint density at radius 1 is 1.53 bits per heavy atom. The van der Waals surface area contributed by atoms with Crippen LogP contribution in [0.2, 0.25) is 5.02 Å². The minimum Gasteiger partial charge on any atom is -0.381 e. The molecular formula is C13H17BrClNO. The Kier molecular flexibility index (Phi) is 4.01. The summed E-state index contributed by atoms with van der Waals surface area (Å²) < 4.78 is 6.96. The first-order chi connectivity index (χ1) is 7.96. The van der Waals surface area contributed by atoms with E-state index in [9.17, 15) is 0 Å². The molecule has 0 saturated carbocycles. The van der Waals surface area contributed by atoms with Gasteiger partial charge in [-0.25, -0.2) is 0 Å². The number of rotatable bonds is 3. The van der Waals surface area contributed by atoms with Crippen LogP contribution >= 0.6 is 27.5 Å². The molecule has 2 nitrogen and oxygen atoms in total. The molecule has 1 atom stereocenters. The van der Waals surface area contributed by atoms with Gasteiger partial charge >= 0.3 is 0 Å². The molecular weight excluding hydrogens is 302 g/mol. The highest BCUT2D eigenvalue weighted by Gasteiger charge is 2.31. The van der Waals surface area contributed by atoms with E-state index < -0.39 is 0 Å². The predicted molar refractivity (Wildman–Crippen MR) is 75.8 cm³/mol. The van der Waals surface area contributed by atoms with Gasteiger partial charge in [-0.1, -0.05) is 11.6 Å². The summed E-state index contributed by atoms with van der Waals surface area (Å²) in [4.78, 5) is 0. The second-order valence-corrected chi connectivity index (χ2v) is 6.33. The minimum absolute atomic E-state index is 0.0257. The largest absolute Gasteiger partial charge is 0.381 e. The smallest absolute Gasteiger partial charge is 0.0755 e. The topological polar surface area (TPSA) is 21.3 Å². The zero-order valence-electron chi connectivity index (χ0n) is 10.1. The van der Waals surface area contributed by atoms with E-state index >= 15 is 0 Å². The van der Waals surface area contributed by atoms with E-state index in [1.807, 2.05) is 18.2 Å². The minimum atomic E-state index is 0.0257. The van der Waals surface area contributed by atoms with Gasteiger partial charge in [0, 0.05) is 21.7 Å². The number of hydrogen-bond donors (Lipinski definition) is 1. The number of nitrogens with one attached hydrogen (secondary N) is 1. The molecule has 1 unspecified atom stereocenters. The van der Waals surface area contributed by atoms with Gasteiger partial charge in [0.25, 0.3) is 0 Å². The average Bonchev–Trinajstić information content (AvgIpc) is 2.60. The molecule has 1 N–H and O–H groups in total. The molecule has 1 heterocycles. The van der Waals surface area contributed by atoms with Crippen molar-refractivity contribution >= 4 is 33.2 Å². The van der Waals surface area contributed by atoms with Crippen LogP contribution in [0.5, 0.6) is 0 Å². The normalized spacial score (nSPS) is 22.7. The second-order valence-electron chi connectivity index (χ2n) is 5.04. The van der Waals surface area contributed by atoms with Crippen molar-refractivity contribution in [3.8, 4) is 0 Å². The van der Waals surface area contributed by atoms with Crippen molar-refractivity contribution in [1.29, 1.82) is 0 Å². The first-order valence-electron chi connectivity index (χ1n) is 5.83. The van der Waals surface area contributed by atoms with Gasteiger partial charge < -0.3 is 10.1 Å². The van der Waals surface area contributed by atoms with Gasteiger partial charge in [0.1, 0.15) is 0 Å². The van der Waals surface area contributed by atoms with Crippen molar-refractivity contribution in [3.63, 3.8) is 0 Å². The quantitative estimate of drug-likeness (QED) is 0.887. The van der Waals surface area contributed by atoms with E-state index in [2.05, 4.69) is 35.1 Å². The Bertz CT molecular complexity index is 408. The lowest BCUT2D eigenvalue weighted by Crippen LogP contribution is -2.24. The van der Waals surface area contributed by atoms with E-state index in [4.69, 9.17) is 16.3 Å². The number of anilines is 1. The van der Waals surface area contributed by atoms with Gasteiger partial charge in [0.05, 0.1) is 11.7 Å². The third-order valence-corrected chi connectivity index (χ3v) is 3.93. The van der Waals surface area contributed by atoms with Crippen LogP contribution in [0.15, 0.2) is 22.7 Å². The van der Waals surface area contributed by atoms with Crippen LogP contribution in [-0.4, -0.2) is 18.2 Å². The molecule has 0 bridgehead atoms. The van der Waals surface area contributed by atoms with Crippen molar-refractivity contribution in [2.75, 3.05) is 11.9 Å². The first-order valence-corrected chi connectivity index (χ1v) is 7.00. The van der Waals surface area contributed by atoms with Crippen LogP contribution in [0.4, 0.5) is 5.69 Å². The molecule has 0 spiro atoms. The van der Waals surface area contributed by atoms with Gasteiger partial charge in [0.15, 0.2) is 0 Å². The fourth-order valence-electron chi connectivity index (χ4n) is 2.08. The molecule has 1 aliphatic heterocycles. The third-order valence-electron chi connectivity index (χ3n) is 3.00. The lowest BCUT2D eigenvalue weighted by molar-refractivity contribution is -0.00911. The van der Waals surface area contributed by atoms with E-state index in [0.717, 1.165) is 34.6 Å². The van der Waals surface area contributed by atoms with Gasteiger partial charge in [-0.05, 0) is 60.8 Å². The van der Waals surface area contributed by atoms with Crippen molar-refractivity contribution in [2.45, 2.75) is 38.4 Å². The van der Waals surface area contributed by atoms with Crippen LogP contribution in [0.3, 0.4) is 0 Å². The molecule has 1 fully saturated rings. The standard InChI is InChI=1S/C13H17BrClNO/c1-13(2)6-5-10(17-13)8-16-12-7-9(15)3-4-11(12)14/h3-4,7,10,16H,5-6,8H2,1-2H3. The summed E-state index contributed by atoms with van der Waals surface area (Å²) in [6, 6.07) is 5.74. The lowest BCUT2D eigenvalue weighted by Gasteiger charge is -2.20. The van der Waals surface area contributed by atoms with Gasteiger partial charge in [-0.2, -0.15) is 0 Å². The average molecular weight is 319 g/mol. The molecule has 1 aromatic carbocycles. The van der Waals surface area contributed by atoms with E-state index in [-0.39, 0.29) is 11.7 Å². The monoisotopic (exact) mass is 317 g/mol. The van der Waals surface area contributed by atoms with E-state index in [1.165, 1.54) is 0 Å². The zero-order chi connectivity index (χ0) is 12.5. The Morgan fingerprint density at radius 2 is 2.29 bits per heavy atom. The molecule has 0 amide bonds. The molecule has 94 valence electrons. The van der Waals surface area contributed by atoms with Crippen LogP contribution < -0.4 is 5.32 Å². The van der Waals surface area contributed by atoms with Crippen LogP contribution in [0.25, 0.3) is 0 Å². The molecule has 17 heavy (non-hydrogen) atoms.